The van der Waals surface area contributed by atoms with Crippen LogP contribution >= 0.6 is 0 Å². The first kappa shape index (κ1) is 11.9. The van der Waals surface area contributed by atoms with Gasteiger partial charge in [-0.25, -0.2) is 9.18 Å². The number of carbonyl (C=O) groups excluding carboxylic acids is 1. The van der Waals surface area contributed by atoms with Gasteiger partial charge in [-0.3, -0.25) is 4.90 Å². The Labute approximate surface area is 101 Å². The molecule has 4 heteroatoms. The van der Waals surface area contributed by atoms with E-state index in [1.165, 1.54) is 12.1 Å². The lowest BCUT2D eigenvalue weighted by atomic mass is 10.0. The van der Waals surface area contributed by atoms with Crippen molar-refractivity contribution in [2.45, 2.75) is 26.2 Å². The van der Waals surface area contributed by atoms with Gasteiger partial charge in [-0.2, -0.15) is 0 Å². The average Bonchev–Trinajstić information content (AvgIpc) is 2.34. The highest BCUT2D eigenvalue weighted by atomic mass is 19.1. The molecule has 1 aliphatic heterocycles. The molecule has 17 heavy (non-hydrogen) atoms. The first-order valence-corrected chi connectivity index (χ1v) is 6.06. The Hall–Kier alpha value is -1.58. The van der Waals surface area contributed by atoms with Crippen LogP contribution in [0.4, 0.5) is 14.9 Å². The monoisotopic (exact) mass is 236 g/mol. The van der Waals surface area contributed by atoms with E-state index in [4.69, 9.17) is 0 Å². The summed E-state index contributed by atoms with van der Waals surface area (Å²) >= 11 is 0. The predicted molar refractivity (Wildman–Crippen MR) is 65.8 cm³/mol. The minimum atomic E-state index is -0.237. The average molecular weight is 236 g/mol. The second-order valence-corrected chi connectivity index (χ2v) is 4.26. The molecule has 0 unspecified atom stereocenters. The number of fused-ring (bicyclic) bond motifs is 1. The van der Waals surface area contributed by atoms with Gasteiger partial charge in [0.1, 0.15) is 5.82 Å². The van der Waals surface area contributed by atoms with E-state index in [0.717, 1.165) is 30.5 Å². The first-order valence-electron chi connectivity index (χ1n) is 6.06. The van der Waals surface area contributed by atoms with Crippen molar-refractivity contribution in [2.75, 3.05) is 18.0 Å². The highest BCUT2D eigenvalue weighted by Crippen LogP contribution is 2.27. The summed E-state index contributed by atoms with van der Waals surface area (Å²) in [6.45, 7) is 3.39. The fourth-order valence-corrected chi connectivity index (χ4v) is 2.10. The third kappa shape index (κ3) is 2.57. The number of hydrogen-bond acceptors (Lipinski definition) is 1. The van der Waals surface area contributed by atoms with Crippen LogP contribution in [0, 0.1) is 5.82 Å². The van der Waals surface area contributed by atoms with Crippen molar-refractivity contribution in [3.63, 3.8) is 0 Å². The van der Waals surface area contributed by atoms with E-state index in [1.807, 2.05) is 6.92 Å². The molecule has 1 aromatic rings. The molecule has 1 heterocycles. The van der Waals surface area contributed by atoms with Crippen LogP contribution in [0.15, 0.2) is 18.2 Å². The van der Waals surface area contributed by atoms with Crippen molar-refractivity contribution in [2.24, 2.45) is 0 Å². The zero-order valence-corrected chi connectivity index (χ0v) is 10.0. The summed E-state index contributed by atoms with van der Waals surface area (Å²) in [5.41, 5.74) is 1.76. The molecule has 0 bridgehead atoms. The smallest absolute Gasteiger partial charge is 0.321 e. The third-order valence-corrected chi connectivity index (χ3v) is 2.93. The maximum Gasteiger partial charge on any atom is 0.321 e. The van der Waals surface area contributed by atoms with Crippen LogP contribution in [0.5, 0.6) is 0 Å². The third-order valence-electron chi connectivity index (χ3n) is 2.93. The Morgan fingerprint density at radius 2 is 2.35 bits per heavy atom. The van der Waals surface area contributed by atoms with Gasteiger partial charge in [0.2, 0.25) is 0 Å². The van der Waals surface area contributed by atoms with Gasteiger partial charge < -0.3 is 5.32 Å². The molecule has 1 aliphatic rings. The molecular weight excluding hydrogens is 219 g/mol. The zero-order valence-electron chi connectivity index (χ0n) is 10.0. The Kier molecular flexibility index (Phi) is 3.61. The van der Waals surface area contributed by atoms with Crippen molar-refractivity contribution in [3.05, 3.63) is 29.6 Å². The van der Waals surface area contributed by atoms with Gasteiger partial charge in [-0.05, 0) is 43.0 Å². The molecule has 0 fully saturated rings. The Balaban J connectivity index is 2.19. The molecule has 0 spiro atoms. The molecule has 3 nitrogen and oxygen atoms in total. The lowest BCUT2D eigenvalue weighted by Crippen LogP contribution is -2.43. The largest absolute Gasteiger partial charge is 0.338 e. The lowest BCUT2D eigenvalue weighted by Gasteiger charge is -2.29. The van der Waals surface area contributed by atoms with Gasteiger partial charge in [-0.1, -0.05) is 6.92 Å². The van der Waals surface area contributed by atoms with E-state index in [-0.39, 0.29) is 11.8 Å². The highest BCUT2D eigenvalue weighted by Gasteiger charge is 2.22. The predicted octanol–water partition coefficient (Wildman–Crippen LogP) is 2.70. The lowest BCUT2D eigenvalue weighted by molar-refractivity contribution is 0.246. The molecule has 92 valence electrons. The Bertz CT molecular complexity index is 420. The van der Waals surface area contributed by atoms with E-state index >= 15 is 0 Å². The van der Waals surface area contributed by atoms with Crippen LogP contribution in [0.1, 0.15) is 25.3 Å². The van der Waals surface area contributed by atoms with Gasteiger partial charge in [0.05, 0.1) is 0 Å². The molecule has 0 saturated heterocycles. The van der Waals surface area contributed by atoms with E-state index in [9.17, 15) is 9.18 Å². The Morgan fingerprint density at radius 1 is 1.53 bits per heavy atom. The van der Waals surface area contributed by atoms with E-state index in [0.29, 0.717) is 13.1 Å². The molecule has 1 aromatic carbocycles. The number of anilines is 1. The summed E-state index contributed by atoms with van der Waals surface area (Å²) in [6, 6.07) is 4.54. The highest BCUT2D eigenvalue weighted by molar-refractivity contribution is 5.93. The molecule has 2 rings (SSSR count). The molecule has 0 aromatic heterocycles. The van der Waals surface area contributed by atoms with Crippen LogP contribution in [0.3, 0.4) is 0 Å². The fraction of sp³-hybridized carbons (Fsp3) is 0.462. The maximum atomic E-state index is 13.1. The van der Waals surface area contributed by atoms with Gasteiger partial charge in [-0.15, -0.1) is 0 Å². The van der Waals surface area contributed by atoms with Gasteiger partial charge in [0.25, 0.3) is 0 Å². The number of rotatable bonds is 2. The van der Waals surface area contributed by atoms with Crippen molar-refractivity contribution >= 4 is 11.7 Å². The molecule has 2 amide bonds. The van der Waals surface area contributed by atoms with Crippen LogP contribution in [-0.2, 0) is 6.42 Å². The SMILES string of the molecule is CCCNC(=O)N1CCCc2cc(F)ccc21. The van der Waals surface area contributed by atoms with Crippen LogP contribution in [0.2, 0.25) is 0 Å². The number of carbonyl (C=O) groups is 1. The Morgan fingerprint density at radius 3 is 3.12 bits per heavy atom. The number of nitrogens with zero attached hydrogens (tertiary/aromatic N) is 1. The van der Waals surface area contributed by atoms with E-state index in [1.54, 1.807) is 11.0 Å². The van der Waals surface area contributed by atoms with Crippen molar-refractivity contribution < 1.29 is 9.18 Å². The topological polar surface area (TPSA) is 32.3 Å². The summed E-state index contributed by atoms with van der Waals surface area (Å²) in [7, 11) is 0. The summed E-state index contributed by atoms with van der Waals surface area (Å²) in [5.74, 6) is -0.237. The molecule has 0 atom stereocenters. The van der Waals surface area contributed by atoms with Crippen LogP contribution in [-0.4, -0.2) is 19.1 Å². The summed E-state index contributed by atoms with van der Waals surface area (Å²) < 4.78 is 13.1. The fourth-order valence-electron chi connectivity index (χ4n) is 2.10. The normalized spacial score (nSPS) is 14.4. The van der Waals surface area contributed by atoms with Crippen LogP contribution < -0.4 is 10.2 Å². The summed E-state index contributed by atoms with van der Waals surface area (Å²) in [5, 5.41) is 2.85. The number of benzene rings is 1. The molecular formula is C13H17FN2O. The van der Waals surface area contributed by atoms with Crippen LogP contribution in [0.25, 0.3) is 0 Å². The summed E-state index contributed by atoms with van der Waals surface area (Å²) in [4.78, 5) is 13.6. The minimum Gasteiger partial charge on any atom is -0.338 e. The number of aryl methyl sites for hydroxylation is 1. The summed E-state index contributed by atoms with van der Waals surface area (Å²) in [6.07, 6.45) is 2.64. The van der Waals surface area contributed by atoms with Gasteiger partial charge in [0.15, 0.2) is 0 Å². The van der Waals surface area contributed by atoms with Crippen molar-refractivity contribution in [1.82, 2.24) is 5.32 Å². The molecule has 0 aliphatic carbocycles. The number of urea groups is 1. The molecule has 0 radical (unpaired) electrons. The number of halogens is 1. The zero-order chi connectivity index (χ0) is 12.3. The number of amides is 2. The number of hydrogen-bond donors (Lipinski definition) is 1. The first-order chi connectivity index (χ1) is 8.22. The minimum absolute atomic E-state index is 0.0839. The standard InChI is InChI=1S/C13H17FN2O/c1-2-7-15-13(17)16-8-3-4-10-9-11(14)5-6-12(10)16/h5-6,9H,2-4,7-8H2,1H3,(H,15,17). The van der Waals surface area contributed by atoms with Gasteiger partial charge in [0, 0.05) is 18.8 Å². The maximum absolute atomic E-state index is 13.1. The van der Waals surface area contributed by atoms with E-state index < -0.39 is 0 Å². The van der Waals surface area contributed by atoms with E-state index in [2.05, 4.69) is 5.32 Å². The molecule has 0 saturated carbocycles. The molecule has 1 N–H and O–H groups in total. The quantitative estimate of drug-likeness (QED) is 0.841. The van der Waals surface area contributed by atoms with Crippen molar-refractivity contribution in [1.29, 1.82) is 0 Å². The second-order valence-electron chi connectivity index (χ2n) is 4.26. The number of nitrogens with one attached hydrogen (secondary N) is 1. The second kappa shape index (κ2) is 5.17. The van der Waals surface area contributed by atoms with Crippen molar-refractivity contribution in [3.8, 4) is 0 Å². The van der Waals surface area contributed by atoms with Gasteiger partial charge >= 0.3 is 6.03 Å².